The Morgan fingerprint density at radius 3 is 2.63 bits per heavy atom. The summed E-state index contributed by atoms with van der Waals surface area (Å²) in [6.45, 7) is 2.33. The van der Waals surface area contributed by atoms with Crippen molar-refractivity contribution in [3.05, 3.63) is 34.9 Å². The summed E-state index contributed by atoms with van der Waals surface area (Å²) in [6, 6.07) is 5.41. The highest BCUT2D eigenvalue weighted by Crippen LogP contribution is 2.21. The third-order valence-corrected chi connectivity index (χ3v) is 3.64. The number of carbonyl (C=O) groups is 1. The number of hydrogen-bond acceptors (Lipinski definition) is 4. The number of ether oxygens (including phenoxy) is 1. The van der Waals surface area contributed by atoms with Crippen molar-refractivity contribution in [1.29, 1.82) is 0 Å². The summed E-state index contributed by atoms with van der Waals surface area (Å²) in [4.78, 5) is 12.2. The maximum atomic E-state index is 12.2. The molecule has 3 N–H and O–H groups in total. The van der Waals surface area contributed by atoms with E-state index >= 15 is 0 Å². The number of rotatable bonds is 5. The Labute approximate surface area is 112 Å². The van der Waals surface area contributed by atoms with Crippen LogP contribution in [0.3, 0.4) is 0 Å². The summed E-state index contributed by atoms with van der Waals surface area (Å²) in [5.74, 6) is -0.292. The Hall–Kier alpha value is -1.43. The Kier molecular flexibility index (Phi) is 4.19. The third kappa shape index (κ3) is 2.78. The van der Waals surface area contributed by atoms with Gasteiger partial charge < -0.3 is 20.3 Å². The van der Waals surface area contributed by atoms with Crippen molar-refractivity contribution >= 4 is 5.91 Å². The fourth-order valence-corrected chi connectivity index (χ4v) is 2.07. The highest BCUT2D eigenvalue weighted by Gasteiger charge is 2.29. The molecule has 0 fully saturated rings. The van der Waals surface area contributed by atoms with Gasteiger partial charge in [-0.1, -0.05) is 13.0 Å². The average molecular weight is 265 g/mol. The third-order valence-electron chi connectivity index (χ3n) is 3.64. The fourth-order valence-electron chi connectivity index (χ4n) is 2.07. The molecule has 0 bridgehead atoms. The fraction of sp³-hybridized carbons (Fsp3) is 0.500. The molecule has 5 heteroatoms. The summed E-state index contributed by atoms with van der Waals surface area (Å²) in [6.07, 6.45) is 0.458. The molecular formula is C14H19NO4. The van der Waals surface area contributed by atoms with Gasteiger partial charge in [0.05, 0.1) is 32.0 Å². The number of aliphatic hydroxyl groups is 2. The maximum absolute atomic E-state index is 12.2. The molecule has 5 nitrogen and oxygen atoms in total. The zero-order valence-corrected chi connectivity index (χ0v) is 11.0. The van der Waals surface area contributed by atoms with Crippen LogP contribution in [0.5, 0.6) is 0 Å². The first-order valence-electron chi connectivity index (χ1n) is 6.38. The van der Waals surface area contributed by atoms with E-state index in [1.807, 2.05) is 13.0 Å². The molecule has 1 aromatic rings. The molecule has 1 aliphatic rings. The zero-order valence-electron chi connectivity index (χ0n) is 11.0. The van der Waals surface area contributed by atoms with Crippen molar-refractivity contribution in [2.45, 2.75) is 32.1 Å². The SMILES string of the molecule is CCC(CO)(CO)NC(=O)c1ccc2c(c1)COC2. The summed E-state index contributed by atoms with van der Waals surface area (Å²) in [5.41, 5.74) is 1.67. The Bertz CT molecular complexity index is 460. The van der Waals surface area contributed by atoms with Gasteiger partial charge in [0.25, 0.3) is 5.91 Å². The van der Waals surface area contributed by atoms with Crippen LogP contribution in [0.1, 0.15) is 34.8 Å². The molecule has 0 aromatic heterocycles. The molecule has 0 saturated heterocycles. The zero-order chi connectivity index (χ0) is 13.9. The van der Waals surface area contributed by atoms with Crippen LogP contribution in [0.2, 0.25) is 0 Å². The summed E-state index contributed by atoms with van der Waals surface area (Å²) >= 11 is 0. The van der Waals surface area contributed by atoms with Crippen molar-refractivity contribution in [3.8, 4) is 0 Å². The molecule has 104 valence electrons. The van der Waals surface area contributed by atoms with Gasteiger partial charge in [0.15, 0.2) is 0 Å². The Balaban J connectivity index is 2.16. The molecule has 1 heterocycles. The lowest BCUT2D eigenvalue weighted by atomic mass is 9.97. The smallest absolute Gasteiger partial charge is 0.251 e. The van der Waals surface area contributed by atoms with E-state index in [4.69, 9.17) is 4.74 Å². The second kappa shape index (κ2) is 5.69. The number of carbonyl (C=O) groups excluding carboxylic acids is 1. The van der Waals surface area contributed by atoms with Gasteiger partial charge in [0.2, 0.25) is 0 Å². The minimum absolute atomic E-state index is 0.292. The monoisotopic (exact) mass is 265 g/mol. The highest BCUT2D eigenvalue weighted by molar-refractivity contribution is 5.95. The maximum Gasteiger partial charge on any atom is 0.251 e. The number of fused-ring (bicyclic) bond motifs is 1. The van der Waals surface area contributed by atoms with Gasteiger partial charge in [-0.05, 0) is 29.7 Å². The molecule has 1 aliphatic heterocycles. The van der Waals surface area contributed by atoms with E-state index < -0.39 is 5.54 Å². The van der Waals surface area contributed by atoms with Crippen molar-refractivity contribution in [1.82, 2.24) is 5.32 Å². The van der Waals surface area contributed by atoms with Crippen LogP contribution in [0.4, 0.5) is 0 Å². The van der Waals surface area contributed by atoms with Gasteiger partial charge in [0, 0.05) is 5.56 Å². The first-order valence-corrected chi connectivity index (χ1v) is 6.38. The molecule has 19 heavy (non-hydrogen) atoms. The lowest BCUT2D eigenvalue weighted by Gasteiger charge is -2.29. The van der Waals surface area contributed by atoms with Crippen LogP contribution in [0, 0.1) is 0 Å². The van der Waals surface area contributed by atoms with E-state index in [1.165, 1.54) is 0 Å². The first kappa shape index (κ1) is 14.0. The van der Waals surface area contributed by atoms with Crippen LogP contribution in [0.15, 0.2) is 18.2 Å². The molecule has 0 aliphatic carbocycles. The van der Waals surface area contributed by atoms with Gasteiger partial charge in [-0.2, -0.15) is 0 Å². The number of hydrogen-bond donors (Lipinski definition) is 3. The Morgan fingerprint density at radius 2 is 2.00 bits per heavy atom. The highest BCUT2D eigenvalue weighted by atomic mass is 16.5. The van der Waals surface area contributed by atoms with E-state index in [0.717, 1.165) is 11.1 Å². The molecule has 1 aromatic carbocycles. The van der Waals surface area contributed by atoms with Gasteiger partial charge in [0.1, 0.15) is 0 Å². The minimum atomic E-state index is -0.966. The summed E-state index contributed by atoms with van der Waals surface area (Å²) in [5, 5.41) is 21.4. The van der Waals surface area contributed by atoms with E-state index in [-0.39, 0.29) is 19.1 Å². The standard InChI is InChI=1S/C14H19NO4/c1-2-14(8-16,9-17)15-13(18)10-3-4-11-6-19-7-12(11)5-10/h3-5,16-17H,2,6-9H2,1H3,(H,15,18). The Morgan fingerprint density at radius 1 is 1.32 bits per heavy atom. The van der Waals surface area contributed by atoms with Crippen LogP contribution in [-0.4, -0.2) is 34.9 Å². The van der Waals surface area contributed by atoms with Gasteiger partial charge in [-0.3, -0.25) is 4.79 Å². The quantitative estimate of drug-likeness (QED) is 0.727. The minimum Gasteiger partial charge on any atom is -0.394 e. The second-order valence-corrected chi connectivity index (χ2v) is 4.88. The molecular weight excluding hydrogens is 246 g/mol. The van der Waals surface area contributed by atoms with Crippen LogP contribution >= 0.6 is 0 Å². The van der Waals surface area contributed by atoms with Crippen molar-refractivity contribution in [2.75, 3.05) is 13.2 Å². The second-order valence-electron chi connectivity index (χ2n) is 4.88. The van der Waals surface area contributed by atoms with Crippen LogP contribution in [-0.2, 0) is 18.0 Å². The average Bonchev–Trinajstić information content (AvgIpc) is 2.92. The largest absolute Gasteiger partial charge is 0.394 e. The number of amides is 1. The van der Waals surface area contributed by atoms with Crippen molar-refractivity contribution in [2.24, 2.45) is 0 Å². The lowest BCUT2D eigenvalue weighted by molar-refractivity contribution is 0.0653. The van der Waals surface area contributed by atoms with E-state index in [0.29, 0.717) is 25.2 Å². The molecule has 0 radical (unpaired) electrons. The number of nitrogens with one attached hydrogen (secondary N) is 1. The van der Waals surface area contributed by atoms with Crippen LogP contribution in [0.25, 0.3) is 0 Å². The molecule has 0 saturated carbocycles. The van der Waals surface area contributed by atoms with Crippen molar-refractivity contribution in [3.63, 3.8) is 0 Å². The number of benzene rings is 1. The normalized spacial score (nSPS) is 14.3. The van der Waals surface area contributed by atoms with Crippen molar-refractivity contribution < 1.29 is 19.7 Å². The molecule has 2 rings (SSSR count). The van der Waals surface area contributed by atoms with Gasteiger partial charge >= 0.3 is 0 Å². The summed E-state index contributed by atoms with van der Waals surface area (Å²) < 4.78 is 5.30. The lowest BCUT2D eigenvalue weighted by Crippen LogP contribution is -2.53. The first-order chi connectivity index (χ1) is 9.14. The van der Waals surface area contributed by atoms with Gasteiger partial charge in [-0.15, -0.1) is 0 Å². The van der Waals surface area contributed by atoms with E-state index in [2.05, 4.69) is 5.32 Å². The number of aliphatic hydroxyl groups excluding tert-OH is 2. The van der Waals surface area contributed by atoms with Gasteiger partial charge in [-0.25, -0.2) is 0 Å². The topological polar surface area (TPSA) is 78.8 Å². The summed E-state index contributed by atoms with van der Waals surface area (Å²) in [7, 11) is 0. The molecule has 1 amide bonds. The molecule has 0 unspecified atom stereocenters. The predicted octanol–water partition coefficient (Wildman–Crippen LogP) is 0.580. The molecule has 0 atom stereocenters. The molecule has 0 spiro atoms. The van der Waals surface area contributed by atoms with Crippen LogP contribution < -0.4 is 5.32 Å². The van der Waals surface area contributed by atoms with E-state index in [9.17, 15) is 15.0 Å². The van der Waals surface area contributed by atoms with E-state index in [1.54, 1.807) is 12.1 Å². The predicted molar refractivity (Wildman–Crippen MR) is 69.6 cm³/mol.